The number of carbonyl (C=O) groups is 3. The summed E-state index contributed by atoms with van der Waals surface area (Å²) in [4.78, 5) is 39.7. The molecule has 2 heterocycles. The van der Waals surface area contributed by atoms with Crippen molar-refractivity contribution in [3.05, 3.63) is 65.9 Å². The molecule has 1 aliphatic rings. The van der Waals surface area contributed by atoms with Crippen LogP contribution in [0.1, 0.15) is 23.5 Å². The van der Waals surface area contributed by atoms with Gasteiger partial charge in [0.05, 0.1) is 5.92 Å². The van der Waals surface area contributed by atoms with Gasteiger partial charge >= 0.3 is 5.97 Å². The number of carboxylic acid groups (broad SMARTS) is 1. The van der Waals surface area contributed by atoms with Crippen LogP contribution in [0.2, 0.25) is 0 Å². The summed E-state index contributed by atoms with van der Waals surface area (Å²) in [6, 6.07) is 13.6. The number of amides is 2. The number of H-pyrrole nitrogens is 1. The van der Waals surface area contributed by atoms with Crippen molar-refractivity contribution in [2.45, 2.75) is 24.8 Å². The van der Waals surface area contributed by atoms with Crippen molar-refractivity contribution in [3.63, 3.8) is 0 Å². The fourth-order valence-corrected chi connectivity index (χ4v) is 3.64. The van der Waals surface area contributed by atoms with E-state index in [4.69, 9.17) is 0 Å². The molecule has 0 radical (unpaired) electrons. The van der Waals surface area contributed by atoms with E-state index in [0.717, 1.165) is 16.5 Å². The van der Waals surface area contributed by atoms with Crippen molar-refractivity contribution in [1.29, 1.82) is 0 Å². The van der Waals surface area contributed by atoms with Gasteiger partial charge in [0.1, 0.15) is 6.04 Å². The maximum absolute atomic E-state index is 12.9. The normalized spacial score (nSPS) is 16.9. The van der Waals surface area contributed by atoms with Gasteiger partial charge in [0, 0.05) is 35.6 Å². The van der Waals surface area contributed by atoms with Gasteiger partial charge < -0.3 is 20.7 Å². The minimum absolute atomic E-state index is 0.0116. The number of aliphatic carboxylic acids is 1. The van der Waals surface area contributed by atoms with Crippen molar-refractivity contribution in [3.8, 4) is 0 Å². The topological polar surface area (TPSA) is 111 Å². The highest BCUT2D eigenvalue weighted by molar-refractivity contribution is 6.01. The van der Waals surface area contributed by atoms with E-state index < -0.39 is 23.8 Å². The molecular formula is C21H19N3O4. The third-order valence-electron chi connectivity index (χ3n) is 5.03. The fraction of sp³-hybridized carbons (Fsp3) is 0.190. The average molecular weight is 377 g/mol. The molecule has 7 nitrogen and oxygen atoms in total. The first-order valence-corrected chi connectivity index (χ1v) is 9.00. The SMILES string of the molecule is O=C1C[C@H](C(=O)N[C@H](Cc2c[nH]c3ccccc23)C(=O)O)c2ccccc2N1. The second-order valence-electron chi connectivity index (χ2n) is 6.86. The van der Waals surface area contributed by atoms with Crippen LogP contribution in [0.15, 0.2) is 54.7 Å². The Morgan fingerprint density at radius 2 is 1.89 bits per heavy atom. The van der Waals surface area contributed by atoms with Gasteiger partial charge in [-0.1, -0.05) is 36.4 Å². The number of hydrogen-bond acceptors (Lipinski definition) is 3. The first kappa shape index (κ1) is 17.8. The van der Waals surface area contributed by atoms with Gasteiger partial charge in [0.25, 0.3) is 0 Å². The molecule has 142 valence electrons. The van der Waals surface area contributed by atoms with Crippen LogP contribution in [0.25, 0.3) is 10.9 Å². The van der Waals surface area contributed by atoms with Gasteiger partial charge in [-0.05, 0) is 23.3 Å². The molecule has 4 N–H and O–H groups in total. The van der Waals surface area contributed by atoms with Crippen LogP contribution in [-0.2, 0) is 20.8 Å². The number of para-hydroxylation sites is 2. The van der Waals surface area contributed by atoms with E-state index in [1.165, 1.54) is 0 Å². The lowest BCUT2D eigenvalue weighted by Crippen LogP contribution is -2.45. The number of nitrogens with one attached hydrogen (secondary N) is 3. The predicted octanol–water partition coefficient (Wildman–Crippen LogP) is 2.41. The van der Waals surface area contributed by atoms with Gasteiger partial charge in [-0.3, -0.25) is 9.59 Å². The summed E-state index contributed by atoms with van der Waals surface area (Å²) in [5.41, 5.74) is 2.99. The minimum atomic E-state index is -1.12. The summed E-state index contributed by atoms with van der Waals surface area (Å²) in [5.74, 6) is -2.56. The molecule has 0 saturated carbocycles. The van der Waals surface area contributed by atoms with E-state index in [2.05, 4.69) is 15.6 Å². The third kappa shape index (κ3) is 3.34. The molecule has 4 rings (SSSR count). The standard InChI is InChI=1S/C21H19N3O4/c25-19-10-15(14-6-2-4-8-17(14)23-19)20(26)24-18(21(27)28)9-12-11-22-16-7-3-1-5-13(12)16/h1-8,11,15,18,22H,9-10H2,(H,23,25)(H,24,26)(H,27,28)/t15-,18+/m0/s1. The Balaban J connectivity index is 1.56. The van der Waals surface area contributed by atoms with Crippen LogP contribution >= 0.6 is 0 Å². The smallest absolute Gasteiger partial charge is 0.326 e. The quantitative estimate of drug-likeness (QED) is 0.547. The number of aromatic nitrogens is 1. The lowest BCUT2D eigenvalue weighted by Gasteiger charge is -2.26. The number of hydrogen-bond donors (Lipinski definition) is 4. The molecule has 0 saturated heterocycles. The van der Waals surface area contributed by atoms with Crippen molar-refractivity contribution >= 4 is 34.4 Å². The summed E-state index contributed by atoms with van der Waals surface area (Å²) >= 11 is 0. The molecule has 0 spiro atoms. The average Bonchev–Trinajstić information content (AvgIpc) is 3.09. The van der Waals surface area contributed by atoms with Crippen LogP contribution in [0.4, 0.5) is 5.69 Å². The molecule has 0 bridgehead atoms. The third-order valence-corrected chi connectivity index (χ3v) is 5.03. The zero-order valence-electron chi connectivity index (χ0n) is 14.9. The number of aromatic amines is 1. The Morgan fingerprint density at radius 1 is 1.14 bits per heavy atom. The fourth-order valence-electron chi connectivity index (χ4n) is 3.64. The van der Waals surface area contributed by atoms with Gasteiger partial charge in [-0.25, -0.2) is 4.79 Å². The van der Waals surface area contributed by atoms with Crippen LogP contribution in [0.3, 0.4) is 0 Å². The van der Waals surface area contributed by atoms with Crippen LogP contribution in [0.5, 0.6) is 0 Å². The summed E-state index contributed by atoms with van der Waals surface area (Å²) in [6.07, 6.45) is 1.89. The Bertz CT molecular complexity index is 1070. The van der Waals surface area contributed by atoms with Gasteiger partial charge in [-0.2, -0.15) is 0 Å². The van der Waals surface area contributed by atoms with Gasteiger partial charge in [0.2, 0.25) is 11.8 Å². The van der Waals surface area contributed by atoms with E-state index in [-0.39, 0.29) is 18.7 Å². The summed E-state index contributed by atoms with van der Waals surface area (Å²) in [7, 11) is 0. The molecule has 7 heteroatoms. The number of fused-ring (bicyclic) bond motifs is 2. The zero-order chi connectivity index (χ0) is 19.7. The van der Waals surface area contributed by atoms with Gasteiger partial charge in [0.15, 0.2) is 0 Å². The number of carboxylic acids is 1. The number of benzene rings is 2. The molecule has 1 aromatic heterocycles. The molecule has 0 fully saturated rings. The van der Waals surface area contributed by atoms with E-state index in [1.807, 2.05) is 24.3 Å². The number of anilines is 1. The van der Waals surface area contributed by atoms with E-state index in [0.29, 0.717) is 11.3 Å². The zero-order valence-corrected chi connectivity index (χ0v) is 14.9. The summed E-state index contributed by atoms with van der Waals surface area (Å²) in [5, 5.41) is 15.9. The molecule has 2 amide bonds. The van der Waals surface area contributed by atoms with E-state index in [9.17, 15) is 19.5 Å². The van der Waals surface area contributed by atoms with E-state index >= 15 is 0 Å². The summed E-state index contributed by atoms with van der Waals surface area (Å²) in [6.45, 7) is 0. The molecular weight excluding hydrogens is 358 g/mol. The molecule has 0 unspecified atom stereocenters. The van der Waals surface area contributed by atoms with Crippen LogP contribution in [0, 0.1) is 0 Å². The van der Waals surface area contributed by atoms with E-state index in [1.54, 1.807) is 30.5 Å². The molecule has 2 atom stereocenters. The monoisotopic (exact) mass is 377 g/mol. The molecule has 3 aromatic rings. The molecule has 1 aliphatic heterocycles. The lowest BCUT2D eigenvalue weighted by molar-refractivity contribution is -0.142. The first-order valence-electron chi connectivity index (χ1n) is 9.00. The summed E-state index contributed by atoms with van der Waals surface area (Å²) < 4.78 is 0. The van der Waals surface area contributed by atoms with Crippen LogP contribution in [-0.4, -0.2) is 33.9 Å². The largest absolute Gasteiger partial charge is 0.480 e. The van der Waals surface area contributed by atoms with Crippen LogP contribution < -0.4 is 10.6 Å². The Kier molecular flexibility index (Phi) is 4.57. The lowest BCUT2D eigenvalue weighted by atomic mass is 9.89. The number of rotatable bonds is 5. The minimum Gasteiger partial charge on any atom is -0.480 e. The Morgan fingerprint density at radius 3 is 2.71 bits per heavy atom. The Labute approximate surface area is 160 Å². The molecule has 0 aliphatic carbocycles. The van der Waals surface area contributed by atoms with Crippen molar-refractivity contribution in [2.24, 2.45) is 0 Å². The van der Waals surface area contributed by atoms with Crippen molar-refractivity contribution in [1.82, 2.24) is 10.3 Å². The highest BCUT2D eigenvalue weighted by Gasteiger charge is 2.33. The van der Waals surface area contributed by atoms with Crippen molar-refractivity contribution in [2.75, 3.05) is 5.32 Å². The Hall–Kier alpha value is -3.61. The number of carbonyl (C=O) groups excluding carboxylic acids is 2. The highest BCUT2D eigenvalue weighted by Crippen LogP contribution is 2.32. The second-order valence-corrected chi connectivity index (χ2v) is 6.86. The second kappa shape index (κ2) is 7.19. The van der Waals surface area contributed by atoms with Gasteiger partial charge in [-0.15, -0.1) is 0 Å². The maximum atomic E-state index is 12.9. The first-order chi connectivity index (χ1) is 13.5. The van der Waals surface area contributed by atoms with Crippen molar-refractivity contribution < 1.29 is 19.5 Å². The maximum Gasteiger partial charge on any atom is 0.326 e. The highest BCUT2D eigenvalue weighted by atomic mass is 16.4. The predicted molar refractivity (Wildman–Crippen MR) is 104 cm³/mol. The molecule has 28 heavy (non-hydrogen) atoms. The molecule has 2 aromatic carbocycles.